The molecule has 4 heteroatoms. The van der Waals surface area contributed by atoms with Gasteiger partial charge in [0.1, 0.15) is 0 Å². The average molecular weight is 277 g/mol. The maximum Gasteiger partial charge on any atom is 0.0992 e. The zero-order valence-electron chi connectivity index (χ0n) is 13.1. The van der Waals surface area contributed by atoms with Crippen LogP contribution in [-0.2, 0) is 11.3 Å². The topological polar surface area (TPSA) is 62.3 Å². The molecule has 112 valence electrons. The third-order valence-electron chi connectivity index (χ3n) is 2.65. The van der Waals surface area contributed by atoms with Gasteiger partial charge in [-0.2, -0.15) is 5.26 Å². The third-order valence-corrected chi connectivity index (χ3v) is 2.65. The van der Waals surface area contributed by atoms with Crippen LogP contribution >= 0.6 is 0 Å². The molecule has 0 spiro atoms. The quantitative estimate of drug-likeness (QED) is 0.844. The molecular weight excluding hydrogens is 250 g/mol. The van der Waals surface area contributed by atoms with Crippen LogP contribution in [0.15, 0.2) is 18.2 Å². The molecule has 0 saturated carbocycles. The Kier molecular flexibility index (Phi) is 10.4. The van der Waals surface area contributed by atoms with Crippen LogP contribution in [0.2, 0.25) is 0 Å². The zero-order chi connectivity index (χ0) is 15.4. The molecule has 2 N–H and O–H groups in total. The van der Waals surface area contributed by atoms with E-state index in [2.05, 4.69) is 11.0 Å². The van der Waals surface area contributed by atoms with Crippen molar-refractivity contribution in [2.75, 3.05) is 32.0 Å². The van der Waals surface area contributed by atoms with Crippen molar-refractivity contribution in [1.29, 1.82) is 5.26 Å². The molecule has 0 atom stereocenters. The van der Waals surface area contributed by atoms with Gasteiger partial charge in [0.25, 0.3) is 0 Å². The Hall–Kier alpha value is -1.57. The summed E-state index contributed by atoms with van der Waals surface area (Å²) in [6, 6.07) is 7.64. The van der Waals surface area contributed by atoms with E-state index in [1.54, 1.807) is 6.07 Å². The molecule has 1 aromatic carbocycles. The molecule has 0 aliphatic carbocycles. The third kappa shape index (κ3) is 6.55. The summed E-state index contributed by atoms with van der Waals surface area (Å²) in [5.41, 5.74) is 8.12. The molecule has 1 saturated heterocycles. The lowest BCUT2D eigenvalue weighted by Crippen LogP contribution is -2.35. The van der Waals surface area contributed by atoms with Gasteiger partial charge in [0, 0.05) is 25.3 Å². The summed E-state index contributed by atoms with van der Waals surface area (Å²) in [5.74, 6) is 0. The van der Waals surface area contributed by atoms with Crippen LogP contribution in [0.1, 0.15) is 38.8 Å². The number of benzene rings is 1. The van der Waals surface area contributed by atoms with Crippen LogP contribution in [0.5, 0.6) is 0 Å². The lowest BCUT2D eigenvalue weighted by atomic mass is 10.1. The van der Waals surface area contributed by atoms with Crippen LogP contribution in [0.4, 0.5) is 5.69 Å². The molecule has 1 heterocycles. The highest BCUT2D eigenvalue weighted by Gasteiger charge is 2.11. The van der Waals surface area contributed by atoms with Crippen LogP contribution in [0.25, 0.3) is 0 Å². The van der Waals surface area contributed by atoms with Gasteiger partial charge in [0.15, 0.2) is 0 Å². The summed E-state index contributed by atoms with van der Waals surface area (Å²) in [5, 5.41) is 8.85. The van der Waals surface area contributed by atoms with E-state index in [1.165, 1.54) is 0 Å². The highest BCUT2D eigenvalue weighted by molar-refractivity contribution is 5.48. The molecule has 2 rings (SSSR count). The first-order valence-electron chi connectivity index (χ1n) is 7.37. The van der Waals surface area contributed by atoms with E-state index in [0.29, 0.717) is 11.3 Å². The van der Waals surface area contributed by atoms with Crippen molar-refractivity contribution in [1.82, 2.24) is 4.90 Å². The molecule has 1 fully saturated rings. The van der Waals surface area contributed by atoms with Gasteiger partial charge in [-0.3, -0.25) is 4.90 Å². The number of nitrogens with zero attached hydrogens (tertiary/aromatic N) is 2. The van der Waals surface area contributed by atoms with Crippen molar-refractivity contribution in [2.24, 2.45) is 0 Å². The Balaban J connectivity index is 0.000000829. The predicted molar refractivity (Wildman–Crippen MR) is 84.4 cm³/mol. The molecule has 1 aliphatic heterocycles. The van der Waals surface area contributed by atoms with Crippen molar-refractivity contribution < 1.29 is 4.74 Å². The summed E-state index contributed by atoms with van der Waals surface area (Å²) >= 11 is 0. The molecule has 1 aliphatic rings. The zero-order valence-corrected chi connectivity index (χ0v) is 13.1. The van der Waals surface area contributed by atoms with E-state index in [9.17, 15) is 0 Å². The SMILES string of the molecule is CC.CC.N#Cc1cc(N)cc(CN2CCOCC2)c1. The van der Waals surface area contributed by atoms with E-state index >= 15 is 0 Å². The standard InChI is InChI=1S/C12H15N3O.2C2H6/c13-8-10-5-11(7-12(14)6-10)9-15-1-3-16-4-2-15;2*1-2/h5-7H,1-4,9,14H2;2*1-2H3. The second-order valence-electron chi connectivity index (χ2n) is 3.96. The van der Waals surface area contributed by atoms with Crippen LogP contribution in [-0.4, -0.2) is 31.2 Å². The van der Waals surface area contributed by atoms with Crippen LogP contribution in [0.3, 0.4) is 0 Å². The molecule has 0 unspecified atom stereocenters. The molecule has 1 aromatic rings. The van der Waals surface area contributed by atoms with E-state index in [4.69, 9.17) is 15.7 Å². The molecule has 0 radical (unpaired) electrons. The molecule has 0 bridgehead atoms. The van der Waals surface area contributed by atoms with Gasteiger partial charge in [-0.1, -0.05) is 27.7 Å². The van der Waals surface area contributed by atoms with Gasteiger partial charge < -0.3 is 10.5 Å². The number of ether oxygens (including phenoxy) is 1. The van der Waals surface area contributed by atoms with E-state index < -0.39 is 0 Å². The van der Waals surface area contributed by atoms with Gasteiger partial charge in [0.2, 0.25) is 0 Å². The van der Waals surface area contributed by atoms with E-state index in [1.807, 2.05) is 39.8 Å². The minimum Gasteiger partial charge on any atom is -0.399 e. The Morgan fingerprint density at radius 1 is 1.15 bits per heavy atom. The summed E-state index contributed by atoms with van der Waals surface area (Å²) in [6.45, 7) is 12.3. The van der Waals surface area contributed by atoms with Gasteiger partial charge >= 0.3 is 0 Å². The number of hydrogen-bond acceptors (Lipinski definition) is 4. The summed E-state index contributed by atoms with van der Waals surface area (Å²) < 4.78 is 5.29. The monoisotopic (exact) mass is 277 g/mol. The maximum atomic E-state index is 8.85. The fourth-order valence-corrected chi connectivity index (χ4v) is 1.89. The number of anilines is 1. The maximum absolute atomic E-state index is 8.85. The Morgan fingerprint density at radius 3 is 2.30 bits per heavy atom. The number of nitrogens with two attached hydrogens (primary N) is 1. The lowest BCUT2D eigenvalue weighted by Gasteiger charge is -2.26. The number of morpholine rings is 1. The largest absolute Gasteiger partial charge is 0.399 e. The highest BCUT2D eigenvalue weighted by atomic mass is 16.5. The highest BCUT2D eigenvalue weighted by Crippen LogP contribution is 2.14. The number of rotatable bonds is 2. The predicted octanol–water partition coefficient (Wildman–Crippen LogP) is 3.03. The van der Waals surface area contributed by atoms with E-state index in [-0.39, 0.29) is 0 Å². The fraction of sp³-hybridized carbons (Fsp3) is 0.562. The number of hydrogen-bond donors (Lipinski definition) is 1. The summed E-state index contributed by atoms with van der Waals surface area (Å²) in [6.07, 6.45) is 0. The molecular formula is C16H27N3O. The lowest BCUT2D eigenvalue weighted by molar-refractivity contribution is 0.0342. The van der Waals surface area contributed by atoms with Gasteiger partial charge in [-0.05, 0) is 23.8 Å². The smallest absolute Gasteiger partial charge is 0.0992 e. The molecule has 0 aromatic heterocycles. The minimum absolute atomic E-state index is 0.628. The van der Waals surface area contributed by atoms with E-state index in [0.717, 1.165) is 38.4 Å². The fourth-order valence-electron chi connectivity index (χ4n) is 1.89. The molecule has 4 nitrogen and oxygen atoms in total. The normalized spacial score (nSPS) is 14.2. The average Bonchev–Trinajstić information content (AvgIpc) is 2.51. The van der Waals surface area contributed by atoms with Gasteiger partial charge in [-0.15, -0.1) is 0 Å². The number of nitrogen functional groups attached to an aromatic ring is 1. The van der Waals surface area contributed by atoms with Crippen molar-refractivity contribution >= 4 is 5.69 Å². The first-order chi connectivity index (χ1) is 9.78. The molecule has 0 amide bonds. The molecule has 20 heavy (non-hydrogen) atoms. The van der Waals surface area contributed by atoms with Crippen molar-refractivity contribution in [3.63, 3.8) is 0 Å². The van der Waals surface area contributed by atoms with Crippen LogP contribution < -0.4 is 5.73 Å². The Labute approximate surface area is 123 Å². The first kappa shape index (κ1) is 18.4. The number of nitriles is 1. The van der Waals surface area contributed by atoms with Crippen molar-refractivity contribution in [3.8, 4) is 6.07 Å². The second-order valence-corrected chi connectivity index (χ2v) is 3.96. The van der Waals surface area contributed by atoms with Gasteiger partial charge in [0.05, 0.1) is 24.8 Å². The second kappa shape index (κ2) is 11.3. The minimum atomic E-state index is 0.628. The van der Waals surface area contributed by atoms with Crippen LogP contribution in [0, 0.1) is 11.3 Å². The summed E-state index contributed by atoms with van der Waals surface area (Å²) in [4.78, 5) is 2.30. The first-order valence-corrected chi connectivity index (χ1v) is 7.37. The Bertz CT molecular complexity index is 407. The van der Waals surface area contributed by atoms with Crippen molar-refractivity contribution in [2.45, 2.75) is 34.2 Å². The van der Waals surface area contributed by atoms with Gasteiger partial charge in [-0.25, -0.2) is 0 Å². The Morgan fingerprint density at radius 2 is 1.75 bits per heavy atom. The van der Waals surface area contributed by atoms with Crippen molar-refractivity contribution in [3.05, 3.63) is 29.3 Å². The summed E-state index contributed by atoms with van der Waals surface area (Å²) in [7, 11) is 0.